The number of nitrogens with zero attached hydrogens (tertiary/aromatic N) is 1. The molecule has 0 aliphatic carbocycles. The predicted molar refractivity (Wildman–Crippen MR) is 148 cm³/mol. The van der Waals surface area contributed by atoms with Crippen LogP contribution in [0, 0.1) is 0 Å². The van der Waals surface area contributed by atoms with E-state index < -0.39 is 17.7 Å². The Bertz CT molecular complexity index is 1370. The van der Waals surface area contributed by atoms with Crippen LogP contribution in [0.3, 0.4) is 0 Å². The Balaban J connectivity index is 1.53. The third kappa shape index (κ3) is 5.77. The van der Waals surface area contributed by atoms with Crippen molar-refractivity contribution in [2.75, 3.05) is 26.4 Å². The highest BCUT2D eigenvalue weighted by molar-refractivity contribution is 6.46. The maximum atomic E-state index is 13.4. The molecule has 3 aromatic carbocycles. The van der Waals surface area contributed by atoms with Gasteiger partial charge in [0.25, 0.3) is 11.7 Å². The van der Waals surface area contributed by atoms with Gasteiger partial charge in [-0.25, -0.2) is 0 Å². The Morgan fingerprint density at radius 1 is 0.949 bits per heavy atom. The van der Waals surface area contributed by atoms with Crippen molar-refractivity contribution in [1.82, 2.24) is 4.90 Å². The van der Waals surface area contributed by atoms with Crippen molar-refractivity contribution in [3.63, 3.8) is 0 Å². The monoisotopic (exact) mass is 527 g/mol. The summed E-state index contributed by atoms with van der Waals surface area (Å²) in [5.74, 6) is 0.135. The molecule has 202 valence electrons. The summed E-state index contributed by atoms with van der Waals surface area (Å²) in [5.41, 5.74) is 2.19. The molecule has 0 aromatic heterocycles. The molecule has 0 spiro atoms. The van der Waals surface area contributed by atoms with Crippen LogP contribution in [0.15, 0.2) is 78.4 Å². The first-order valence-electron chi connectivity index (χ1n) is 13.5. The average Bonchev–Trinajstić information content (AvgIpc) is 3.23. The lowest BCUT2D eigenvalue weighted by molar-refractivity contribution is -0.139. The molecule has 5 rings (SSSR count). The van der Waals surface area contributed by atoms with E-state index in [1.807, 2.05) is 54.6 Å². The molecule has 7 nitrogen and oxygen atoms in total. The third-order valence-electron chi connectivity index (χ3n) is 7.03. The summed E-state index contributed by atoms with van der Waals surface area (Å²) in [4.78, 5) is 28.4. The van der Waals surface area contributed by atoms with Crippen molar-refractivity contribution >= 4 is 17.4 Å². The molecular weight excluding hydrogens is 494 g/mol. The number of carbonyl (C=O) groups is 2. The number of hydrogen-bond donors (Lipinski definition) is 1. The first kappa shape index (κ1) is 26.4. The smallest absolute Gasteiger partial charge is 0.295 e. The molecule has 7 heteroatoms. The van der Waals surface area contributed by atoms with Crippen molar-refractivity contribution in [1.29, 1.82) is 0 Å². The molecule has 3 aromatic rings. The van der Waals surface area contributed by atoms with Crippen LogP contribution in [0.4, 0.5) is 0 Å². The fourth-order valence-electron chi connectivity index (χ4n) is 5.01. The normalized spacial score (nSPS) is 17.9. The van der Waals surface area contributed by atoms with Crippen LogP contribution in [0.5, 0.6) is 17.2 Å². The van der Waals surface area contributed by atoms with Crippen LogP contribution in [0.1, 0.15) is 48.9 Å². The first-order chi connectivity index (χ1) is 19.1. The number of hydrogen-bond acceptors (Lipinski definition) is 6. The van der Waals surface area contributed by atoms with Crippen LogP contribution in [0.25, 0.3) is 5.76 Å². The van der Waals surface area contributed by atoms with E-state index in [1.54, 1.807) is 23.1 Å². The molecule has 2 heterocycles. The zero-order valence-corrected chi connectivity index (χ0v) is 22.1. The van der Waals surface area contributed by atoms with E-state index in [9.17, 15) is 14.7 Å². The number of ether oxygens (including phenoxy) is 3. The highest BCUT2D eigenvalue weighted by Crippen LogP contribution is 2.41. The molecule has 2 aliphatic rings. The van der Waals surface area contributed by atoms with Crippen LogP contribution >= 0.6 is 0 Å². The van der Waals surface area contributed by atoms with Gasteiger partial charge in [-0.1, -0.05) is 62.2 Å². The van der Waals surface area contributed by atoms with Crippen molar-refractivity contribution in [3.05, 3.63) is 95.1 Å². The van der Waals surface area contributed by atoms with Crippen LogP contribution in [-0.2, 0) is 16.0 Å². The molecule has 1 saturated heterocycles. The number of fused-ring (bicyclic) bond motifs is 1. The quantitative estimate of drug-likeness (QED) is 0.158. The predicted octanol–water partition coefficient (Wildman–Crippen LogP) is 5.69. The van der Waals surface area contributed by atoms with E-state index >= 15 is 0 Å². The molecule has 1 atom stereocenters. The van der Waals surface area contributed by atoms with Gasteiger partial charge in [0.05, 0.1) is 18.2 Å². The topological polar surface area (TPSA) is 85.3 Å². The summed E-state index contributed by atoms with van der Waals surface area (Å²) in [6.07, 6.45) is 3.69. The molecule has 1 amide bonds. The second-order valence-corrected chi connectivity index (χ2v) is 9.71. The Hall–Kier alpha value is -4.26. The second-order valence-electron chi connectivity index (χ2n) is 9.71. The minimum atomic E-state index is -0.763. The highest BCUT2D eigenvalue weighted by atomic mass is 16.6. The molecule has 0 bridgehead atoms. The number of aliphatic hydroxyl groups excluding tert-OH is 1. The van der Waals surface area contributed by atoms with Crippen molar-refractivity contribution < 1.29 is 28.9 Å². The van der Waals surface area contributed by atoms with E-state index in [-0.39, 0.29) is 11.3 Å². The van der Waals surface area contributed by atoms with E-state index in [4.69, 9.17) is 14.2 Å². The number of amides is 1. The molecule has 0 saturated carbocycles. The maximum absolute atomic E-state index is 13.4. The summed E-state index contributed by atoms with van der Waals surface area (Å²) in [6, 6.07) is 21.5. The largest absolute Gasteiger partial charge is 0.507 e. The van der Waals surface area contributed by atoms with Gasteiger partial charge in [-0.3, -0.25) is 9.59 Å². The number of aliphatic hydroxyl groups is 1. The second kappa shape index (κ2) is 12.1. The molecule has 1 fully saturated rings. The number of rotatable bonds is 10. The molecular formula is C32H33NO6. The van der Waals surface area contributed by atoms with Crippen LogP contribution < -0.4 is 14.2 Å². The lowest BCUT2D eigenvalue weighted by atomic mass is 9.95. The average molecular weight is 528 g/mol. The summed E-state index contributed by atoms with van der Waals surface area (Å²) >= 11 is 0. The highest BCUT2D eigenvalue weighted by Gasteiger charge is 2.46. The number of benzene rings is 3. The fraction of sp³-hybridized carbons (Fsp3) is 0.312. The van der Waals surface area contributed by atoms with Gasteiger partial charge in [-0.15, -0.1) is 0 Å². The van der Waals surface area contributed by atoms with Gasteiger partial charge in [0.2, 0.25) is 0 Å². The van der Waals surface area contributed by atoms with Gasteiger partial charge in [-0.2, -0.15) is 0 Å². The number of carbonyl (C=O) groups excluding carboxylic acids is 2. The standard InChI is InChI=1S/C32H33NO6/c1-2-3-7-17-37-25-12-8-11-23(20-25)29-28(30(34)24-13-14-26-27(21-24)39-19-18-38-26)31(35)32(36)33(29)16-15-22-9-5-4-6-10-22/h4-6,8-14,20-21,29,34H,2-3,7,15-19H2,1H3. The van der Waals surface area contributed by atoms with E-state index in [1.165, 1.54) is 0 Å². The summed E-state index contributed by atoms with van der Waals surface area (Å²) in [5, 5.41) is 11.5. The molecule has 39 heavy (non-hydrogen) atoms. The lowest BCUT2D eigenvalue weighted by Crippen LogP contribution is -2.31. The Kier molecular flexibility index (Phi) is 8.16. The zero-order chi connectivity index (χ0) is 27.2. The van der Waals surface area contributed by atoms with Gasteiger partial charge in [0.1, 0.15) is 24.7 Å². The van der Waals surface area contributed by atoms with E-state index in [0.717, 1.165) is 24.8 Å². The third-order valence-corrected chi connectivity index (χ3v) is 7.03. The van der Waals surface area contributed by atoms with Crippen molar-refractivity contribution in [2.45, 2.75) is 38.6 Å². The lowest BCUT2D eigenvalue weighted by Gasteiger charge is -2.26. The summed E-state index contributed by atoms with van der Waals surface area (Å²) in [6.45, 7) is 3.89. The van der Waals surface area contributed by atoms with E-state index in [2.05, 4.69) is 6.92 Å². The van der Waals surface area contributed by atoms with Crippen molar-refractivity contribution in [3.8, 4) is 17.2 Å². The molecule has 1 N–H and O–H groups in total. The van der Waals surface area contributed by atoms with Gasteiger partial charge in [0.15, 0.2) is 11.5 Å². The SMILES string of the molecule is CCCCCOc1cccc(C2C(=C(O)c3ccc4c(c3)OCCO4)C(=O)C(=O)N2CCc2ccccc2)c1. The number of Topliss-reactive ketones (excluding diaryl/α,β-unsaturated/α-hetero) is 1. The Labute approximate surface area is 228 Å². The van der Waals surface area contributed by atoms with Crippen LogP contribution in [0.2, 0.25) is 0 Å². The Morgan fingerprint density at radius 3 is 2.54 bits per heavy atom. The van der Waals surface area contributed by atoms with Crippen molar-refractivity contribution in [2.24, 2.45) is 0 Å². The van der Waals surface area contributed by atoms with Gasteiger partial charge in [0, 0.05) is 12.1 Å². The first-order valence-corrected chi connectivity index (χ1v) is 13.5. The molecule has 1 unspecified atom stereocenters. The number of likely N-dealkylation sites (tertiary alicyclic amines) is 1. The minimum Gasteiger partial charge on any atom is -0.507 e. The van der Waals surface area contributed by atoms with Gasteiger partial charge in [-0.05, 0) is 54.3 Å². The van der Waals surface area contributed by atoms with Gasteiger partial charge >= 0.3 is 0 Å². The molecule has 2 aliphatic heterocycles. The van der Waals surface area contributed by atoms with Gasteiger partial charge < -0.3 is 24.2 Å². The maximum Gasteiger partial charge on any atom is 0.295 e. The fourth-order valence-corrected chi connectivity index (χ4v) is 5.01. The number of ketones is 1. The minimum absolute atomic E-state index is 0.0490. The Morgan fingerprint density at radius 2 is 1.74 bits per heavy atom. The molecule has 0 radical (unpaired) electrons. The summed E-state index contributed by atoms with van der Waals surface area (Å²) < 4.78 is 17.2. The van der Waals surface area contributed by atoms with E-state index in [0.29, 0.717) is 61.2 Å². The number of unbranched alkanes of at least 4 members (excludes halogenated alkanes) is 2. The van der Waals surface area contributed by atoms with Crippen LogP contribution in [-0.4, -0.2) is 48.1 Å². The summed E-state index contributed by atoms with van der Waals surface area (Å²) in [7, 11) is 0. The zero-order valence-electron chi connectivity index (χ0n) is 22.1.